The van der Waals surface area contributed by atoms with Crippen LogP contribution < -0.4 is 5.32 Å². The zero-order valence-electron chi connectivity index (χ0n) is 8.69. The van der Waals surface area contributed by atoms with E-state index >= 15 is 0 Å². The van der Waals surface area contributed by atoms with Gasteiger partial charge in [0.25, 0.3) is 0 Å². The highest BCUT2D eigenvalue weighted by Gasteiger charge is 2.13. The maximum absolute atomic E-state index is 4.32. The van der Waals surface area contributed by atoms with Crippen LogP contribution in [0.5, 0.6) is 0 Å². The lowest BCUT2D eigenvalue weighted by molar-refractivity contribution is 0.529. The lowest BCUT2D eigenvalue weighted by Crippen LogP contribution is -2.09. The summed E-state index contributed by atoms with van der Waals surface area (Å²) < 4.78 is 0. The molecule has 86 valence electrons. The summed E-state index contributed by atoms with van der Waals surface area (Å²) in [5.41, 5.74) is 1.23. The summed E-state index contributed by atoms with van der Waals surface area (Å²) >= 11 is 0. The summed E-state index contributed by atoms with van der Waals surface area (Å²) in [7, 11) is 0. The van der Waals surface area contributed by atoms with E-state index < -0.39 is 0 Å². The summed E-state index contributed by atoms with van der Waals surface area (Å²) in [6.45, 7) is 2.40. The highest BCUT2D eigenvalue weighted by atomic mass is 35.5. The molecule has 1 unspecified atom stereocenters. The van der Waals surface area contributed by atoms with Crippen molar-refractivity contribution < 1.29 is 0 Å². The van der Waals surface area contributed by atoms with Gasteiger partial charge in [-0.1, -0.05) is 6.07 Å². The molecule has 0 amide bonds. The number of halogens is 2. The molecule has 0 aliphatic carbocycles. The Labute approximate surface area is 104 Å². The second kappa shape index (κ2) is 7.91. The third-order valence-corrected chi connectivity index (χ3v) is 2.70. The SMILES string of the molecule is Cl.Cl.c1ccc(CCC2CCNC2)nc1. The number of pyridine rings is 1. The lowest BCUT2D eigenvalue weighted by Gasteiger charge is -2.06. The summed E-state index contributed by atoms with van der Waals surface area (Å²) in [6, 6.07) is 6.15. The molecule has 1 N–H and O–H groups in total. The van der Waals surface area contributed by atoms with E-state index in [1.165, 1.54) is 31.6 Å². The molecule has 2 heterocycles. The van der Waals surface area contributed by atoms with E-state index in [1.807, 2.05) is 12.3 Å². The molecule has 1 atom stereocenters. The van der Waals surface area contributed by atoms with Gasteiger partial charge in [-0.05, 0) is 50.4 Å². The molecule has 2 rings (SSSR count). The molecule has 1 saturated heterocycles. The lowest BCUT2D eigenvalue weighted by atomic mass is 10.0. The van der Waals surface area contributed by atoms with Crippen LogP contribution in [-0.2, 0) is 6.42 Å². The Morgan fingerprint density at radius 3 is 2.80 bits per heavy atom. The Bertz CT molecular complexity index is 248. The highest BCUT2D eigenvalue weighted by Crippen LogP contribution is 2.14. The largest absolute Gasteiger partial charge is 0.316 e. The van der Waals surface area contributed by atoms with E-state index in [0.29, 0.717) is 0 Å². The topological polar surface area (TPSA) is 24.9 Å². The van der Waals surface area contributed by atoms with Gasteiger partial charge in [0, 0.05) is 11.9 Å². The Morgan fingerprint density at radius 2 is 2.20 bits per heavy atom. The maximum Gasteiger partial charge on any atom is 0.0403 e. The van der Waals surface area contributed by atoms with Gasteiger partial charge in [0.1, 0.15) is 0 Å². The number of hydrogen-bond acceptors (Lipinski definition) is 2. The first-order valence-electron chi connectivity index (χ1n) is 5.06. The van der Waals surface area contributed by atoms with Gasteiger partial charge in [0.2, 0.25) is 0 Å². The van der Waals surface area contributed by atoms with E-state index in [4.69, 9.17) is 0 Å². The fraction of sp³-hybridized carbons (Fsp3) is 0.545. The number of hydrogen-bond donors (Lipinski definition) is 1. The zero-order valence-corrected chi connectivity index (χ0v) is 10.3. The van der Waals surface area contributed by atoms with E-state index in [2.05, 4.69) is 22.4 Å². The second-order valence-electron chi connectivity index (χ2n) is 3.72. The van der Waals surface area contributed by atoms with Gasteiger partial charge >= 0.3 is 0 Å². The Balaban J connectivity index is 0.000000980. The van der Waals surface area contributed by atoms with E-state index in [1.54, 1.807) is 0 Å². The molecule has 1 aliphatic heterocycles. The van der Waals surface area contributed by atoms with Crippen LogP contribution in [-0.4, -0.2) is 18.1 Å². The van der Waals surface area contributed by atoms with Crippen LogP contribution in [0.2, 0.25) is 0 Å². The predicted octanol–water partition coefficient (Wildman–Crippen LogP) is 2.47. The maximum atomic E-state index is 4.32. The molecular formula is C11H18Cl2N2. The second-order valence-corrected chi connectivity index (χ2v) is 3.72. The summed E-state index contributed by atoms with van der Waals surface area (Å²) in [4.78, 5) is 4.32. The normalized spacial score (nSPS) is 19.1. The third-order valence-electron chi connectivity index (χ3n) is 2.70. The fourth-order valence-electron chi connectivity index (χ4n) is 1.86. The molecular weight excluding hydrogens is 231 g/mol. The smallest absolute Gasteiger partial charge is 0.0403 e. The van der Waals surface area contributed by atoms with Crippen molar-refractivity contribution >= 4 is 24.8 Å². The van der Waals surface area contributed by atoms with Crippen LogP contribution in [0.4, 0.5) is 0 Å². The zero-order chi connectivity index (χ0) is 8.93. The molecule has 0 spiro atoms. The number of rotatable bonds is 3. The first-order chi connectivity index (χ1) is 6.45. The first-order valence-corrected chi connectivity index (χ1v) is 5.06. The minimum absolute atomic E-state index is 0. The van der Waals surface area contributed by atoms with Gasteiger partial charge in [-0.25, -0.2) is 0 Å². The van der Waals surface area contributed by atoms with Crippen LogP contribution in [0.25, 0.3) is 0 Å². The molecule has 0 saturated carbocycles. The first kappa shape index (κ1) is 14.7. The van der Waals surface area contributed by atoms with Crippen LogP contribution in [0.1, 0.15) is 18.5 Å². The van der Waals surface area contributed by atoms with Crippen LogP contribution in [0, 0.1) is 5.92 Å². The van der Waals surface area contributed by atoms with Gasteiger partial charge in [-0.2, -0.15) is 0 Å². The molecule has 1 fully saturated rings. The molecule has 1 aromatic heterocycles. The van der Waals surface area contributed by atoms with E-state index in [9.17, 15) is 0 Å². The average Bonchev–Trinajstić information content (AvgIpc) is 2.69. The summed E-state index contributed by atoms with van der Waals surface area (Å²) in [5.74, 6) is 0.877. The van der Waals surface area contributed by atoms with Crippen molar-refractivity contribution in [3.63, 3.8) is 0 Å². The summed E-state index contributed by atoms with van der Waals surface area (Å²) in [5, 5.41) is 3.39. The Morgan fingerprint density at radius 1 is 1.33 bits per heavy atom. The van der Waals surface area contributed by atoms with Crippen LogP contribution in [0.15, 0.2) is 24.4 Å². The predicted molar refractivity (Wildman–Crippen MR) is 68.0 cm³/mol. The van der Waals surface area contributed by atoms with Gasteiger partial charge in [-0.15, -0.1) is 24.8 Å². The Kier molecular flexibility index (Phi) is 7.75. The number of aromatic nitrogens is 1. The van der Waals surface area contributed by atoms with Crippen molar-refractivity contribution in [1.82, 2.24) is 10.3 Å². The van der Waals surface area contributed by atoms with Crippen LogP contribution >= 0.6 is 24.8 Å². The third kappa shape index (κ3) is 4.83. The summed E-state index contributed by atoms with van der Waals surface area (Å²) in [6.07, 6.45) is 5.63. The molecule has 4 heteroatoms. The van der Waals surface area contributed by atoms with Crippen molar-refractivity contribution in [3.8, 4) is 0 Å². The van der Waals surface area contributed by atoms with E-state index in [-0.39, 0.29) is 24.8 Å². The molecule has 0 aromatic carbocycles. The fourth-order valence-corrected chi connectivity index (χ4v) is 1.86. The standard InChI is InChI=1S/C11H16N2.2ClH/c1-2-7-13-11(3-1)5-4-10-6-8-12-9-10;;/h1-3,7,10,12H,4-6,8-9H2;2*1H. The van der Waals surface area contributed by atoms with Crippen molar-refractivity contribution in [1.29, 1.82) is 0 Å². The van der Waals surface area contributed by atoms with Crippen molar-refractivity contribution in [2.45, 2.75) is 19.3 Å². The minimum Gasteiger partial charge on any atom is -0.316 e. The van der Waals surface area contributed by atoms with Gasteiger partial charge < -0.3 is 5.32 Å². The quantitative estimate of drug-likeness (QED) is 0.890. The molecule has 0 radical (unpaired) electrons. The monoisotopic (exact) mass is 248 g/mol. The molecule has 1 aromatic rings. The minimum atomic E-state index is 0. The average molecular weight is 249 g/mol. The molecule has 15 heavy (non-hydrogen) atoms. The Hall–Kier alpha value is -0.310. The number of nitrogens with one attached hydrogen (secondary N) is 1. The molecule has 1 aliphatic rings. The van der Waals surface area contributed by atoms with Gasteiger partial charge in [0.15, 0.2) is 0 Å². The number of aryl methyl sites for hydroxylation is 1. The van der Waals surface area contributed by atoms with Crippen molar-refractivity contribution in [2.75, 3.05) is 13.1 Å². The van der Waals surface area contributed by atoms with Gasteiger partial charge in [0.05, 0.1) is 0 Å². The highest BCUT2D eigenvalue weighted by molar-refractivity contribution is 5.85. The van der Waals surface area contributed by atoms with Crippen LogP contribution in [0.3, 0.4) is 0 Å². The molecule has 0 bridgehead atoms. The molecule has 2 nitrogen and oxygen atoms in total. The van der Waals surface area contributed by atoms with Crippen molar-refractivity contribution in [3.05, 3.63) is 30.1 Å². The van der Waals surface area contributed by atoms with Crippen molar-refractivity contribution in [2.24, 2.45) is 5.92 Å². The number of nitrogens with zero attached hydrogens (tertiary/aromatic N) is 1. The van der Waals surface area contributed by atoms with E-state index in [0.717, 1.165) is 12.3 Å². The van der Waals surface area contributed by atoms with Gasteiger partial charge in [-0.3, -0.25) is 4.98 Å².